The van der Waals surface area contributed by atoms with Gasteiger partial charge in [0, 0.05) is 37.0 Å². The molecule has 0 saturated carbocycles. The molecule has 4 N–H and O–H groups in total. The lowest BCUT2D eigenvalue weighted by Gasteiger charge is -2.30. The van der Waals surface area contributed by atoms with Gasteiger partial charge in [-0.15, -0.1) is 0 Å². The molecular formula is C26H32N4O3. The van der Waals surface area contributed by atoms with Crippen LogP contribution in [0.15, 0.2) is 60.4 Å². The van der Waals surface area contributed by atoms with Crippen LogP contribution in [0.5, 0.6) is 0 Å². The molecule has 1 saturated heterocycles. The maximum atomic E-state index is 12.2. The van der Waals surface area contributed by atoms with Crippen molar-refractivity contribution in [3.05, 3.63) is 82.7 Å². The van der Waals surface area contributed by atoms with Gasteiger partial charge in [0.1, 0.15) is 6.29 Å². The predicted octanol–water partition coefficient (Wildman–Crippen LogP) is 2.30. The fraction of sp³-hybridized carbons (Fsp3) is 0.346. The summed E-state index contributed by atoms with van der Waals surface area (Å²) >= 11 is 0. The molecule has 1 aliphatic heterocycles. The highest BCUT2D eigenvalue weighted by molar-refractivity contribution is 6.00. The van der Waals surface area contributed by atoms with Crippen LogP contribution >= 0.6 is 0 Å². The summed E-state index contributed by atoms with van der Waals surface area (Å²) in [7, 11) is 1.84. The van der Waals surface area contributed by atoms with E-state index in [0.29, 0.717) is 37.8 Å². The largest absolute Gasteiger partial charge is 0.401 e. The number of piperidine rings is 1. The minimum Gasteiger partial charge on any atom is -0.401 e. The Balaban J connectivity index is 1.59. The van der Waals surface area contributed by atoms with Gasteiger partial charge in [-0.25, -0.2) is 0 Å². The minimum atomic E-state index is -0.394. The van der Waals surface area contributed by atoms with Crippen LogP contribution in [0.1, 0.15) is 46.3 Å². The van der Waals surface area contributed by atoms with Gasteiger partial charge in [-0.2, -0.15) is 0 Å². The zero-order valence-corrected chi connectivity index (χ0v) is 19.0. The molecule has 2 aromatic rings. The van der Waals surface area contributed by atoms with Crippen molar-refractivity contribution in [1.29, 1.82) is 0 Å². The van der Waals surface area contributed by atoms with Crippen LogP contribution in [-0.2, 0) is 29.0 Å². The van der Waals surface area contributed by atoms with Gasteiger partial charge in [-0.05, 0) is 49.4 Å². The van der Waals surface area contributed by atoms with E-state index >= 15 is 0 Å². The number of aryl methyl sites for hydroxylation is 1. The molecule has 0 bridgehead atoms. The number of aldehydes is 1. The molecule has 1 heterocycles. The first-order chi connectivity index (χ1) is 16.0. The minimum absolute atomic E-state index is 0.238. The maximum Gasteiger partial charge on any atom is 0.243 e. The molecule has 3 rings (SSSR count). The quantitative estimate of drug-likeness (QED) is 0.277. The van der Waals surface area contributed by atoms with Crippen molar-refractivity contribution in [2.45, 2.75) is 44.7 Å². The summed E-state index contributed by atoms with van der Waals surface area (Å²) in [6.07, 6.45) is 5.75. The van der Waals surface area contributed by atoms with Gasteiger partial charge < -0.3 is 11.1 Å². The Labute approximate surface area is 195 Å². The summed E-state index contributed by atoms with van der Waals surface area (Å²) in [6, 6.07) is 15.5. The van der Waals surface area contributed by atoms with Crippen LogP contribution < -0.4 is 16.4 Å². The van der Waals surface area contributed by atoms with E-state index in [1.165, 1.54) is 5.56 Å². The normalized spacial score (nSPS) is 16.5. The highest BCUT2D eigenvalue weighted by atomic mass is 16.2. The summed E-state index contributed by atoms with van der Waals surface area (Å²) in [6.45, 7) is 1.24. The topological polar surface area (TPSA) is 105 Å². The van der Waals surface area contributed by atoms with Crippen LogP contribution in [0.2, 0.25) is 0 Å². The number of carbonyl (C=O) groups excluding carboxylic acids is 3. The third-order valence-corrected chi connectivity index (χ3v) is 5.96. The average molecular weight is 449 g/mol. The van der Waals surface area contributed by atoms with Gasteiger partial charge in [0.05, 0.1) is 6.04 Å². The van der Waals surface area contributed by atoms with Gasteiger partial charge in [-0.3, -0.25) is 24.6 Å². The van der Waals surface area contributed by atoms with E-state index < -0.39 is 6.04 Å². The number of likely N-dealkylation sites (N-methyl/N-ethyl adjacent to an activating group) is 1. The third-order valence-electron chi connectivity index (χ3n) is 5.96. The summed E-state index contributed by atoms with van der Waals surface area (Å²) in [4.78, 5) is 37.3. The Bertz CT molecular complexity index is 1000. The first-order valence-electron chi connectivity index (χ1n) is 11.3. The van der Waals surface area contributed by atoms with E-state index in [1.807, 2.05) is 48.5 Å². The monoisotopic (exact) mass is 448 g/mol. The molecule has 2 aromatic carbocycles. The Morgan fingerprint density at radius 1 is 1.15 bits per heavy atom. The predicted molar refractivity (Wildman–Crippen MR) is 128 cm³/mol. The molecule has 1 atom stereocenters. The Kier molecular flexibility index (Phi) is 8.78. The lowest BCUT2D eigenvalue weighted by molar-refractivity contribution is -0.137. The number of benzene rings is 2. The van der Waals surface area contributed by atoms with Crippen LogP contribution in [0.4, 0.5) is 0 Å². The number of nitrogens with zero attached hydrogens (tertiary/aromatic N) is 1. The smallest absolute Gasteiger partial charge is 0.243 e. The first-order valence-corrected chi connectivity index (χ1v) is 11.3. The molecule has 1 fully saturated rings. The van der Waals surface area contributed by atoms with E-state index in [0.717, 1.165) is 36.1 Å². The van der Waals surface area contributed by atoms with Gasteiger partial charge in [0.2, 0.25) is 11.8 Å². The molecular weight excluding hydrogens is 416 g/mol. The van der Waals surface area contributed by atoms with Crippen molar-refractivity contribution in [2.75, 3.05) is 13.6 Å². The number of hydrogen-bond donors (Lipinski definition) is 3. The first kappa shape index (κ1) is 24.2. The van der Waals surface area contributed by atoms with Crippen molar-refractivity contribution >= 4 is 18.1 Å². The Morgan fingerprint density at radius 2 is 1.94 bits per heavy atom. The summed E-state index contributed by atoms with van der Waals surface area (Å²) in [5, 5.41) is 5.66. The highest BCUT2D eigenvalue weighted by Crippen LogP contribution is 2.21. The molecule has 7 nitrogen and oxygen atoms in total. The zero-order valence-electron chi connectivity index (χ0n) is 19.0. The van der Waals surface area contributed by atoms with E-state index in [9.17, 15) is 14.4 Å². The van der Waals surface area contributed by atoms with E-state index in [2.05, 4.69) is 22.8 Å². The van der Waals surface area contributed by atoms with Crippen LogP contribution in [0.25, 0.3) is 0 Å². The summed E-state index contributed by atoms with van der Waals surface area (Å²) < 4.78 is 0. The average Bonchev–Trinajstić information content (AvgIpc) is 2.81. The van der Waals surface area contributed by atoms with Crippen molar-refractivity contribution in [1.82, 2.24) is 15.5 Å². The number of nitrogens with two attached hydrogens (primary N) is 1. The van der Waals surface area contributed by atoms with Gasteiger partial charge in [0.25, 0.3) is 0 Å². The zero-order chi connectivity index (χ0) is 23.6. The third kappa shape index (κ3) is 7.02. The molecule has 1 unspecified atom stereocenters. The van der Waals surface area contributed by atoms with Crippen molar-refractivity contribution in [2.24, 2.45) is 5.73 Å². The van der Waals surface area contributed by atoms with Crippen molar-refractivity contribution < 1.29 is 14.4 Å². The maximum absolute atomic E-state index is 12.2. The molecule has 0 spiro atoms. The number of carbonyl (C=O) groups is 3. The molecule has 0 radical (unpaired) electrons. The van der Waals surface area contributed by atoms with Gasteiger partial charge >= 0.3 is 0 Å². The van der Waals surface area contributed by atoms with Crippen molar-refractivity contribution in [3.63, 3.8) is 0 Å². The van der Waals surface area contributed by atoms with Gasteiger partial charge in [0.15, 0.2) is 0 Å². The SMILES string of the molecule is CN(Cc1c(C=O)cccc1CC/C(N)=C/NCCc1ccccc1)C1CCC(=O)NC1=O. The summed E-state index contributed by atoms with van der Waals surface area (Å²) in [5.41, 5.74) is 10.7. The van der Waals surface area contributed by atoms with Crippen LogP contribution in [0.3, 0.4) is 0 Å². The number of allylic oxidation sites excluding steroid dienone is 1. The number of imide groups is 1. The number of rotatable bonds is 11. The molecule has 0 aliphatic carbocycles. The lowest BCUT2D eigenvalue weighted by Crippen LogP contribution is -2.51. The molecule has 7 heteroatoms. The molecule has 33 heavy (non-hydrogen) atoms. The molecule has 2 amide bonds. The van der Waals surface area contributed by atoms with Crippen LogP contribution in [-0.4, -0.2) is 42.6 Å². The fourth-order valence-corrected chi connectivity index (χ4v) is 4.07. The van der Waals surface area contributed by atoms with Crippen molar-refractivity contribution in [3.8, 4) is 0 Å². The molecule has 174 valence electrons. The second kappa shape index (κ2) is 12.0. The Hall–Kier alpha value is -3.45. The number of amides is 2. The van der Waals surface area contributed by atoms with E-state index in [-0.39, 0.29) is 11.8 Å². The Morgan fingerprint density at radius 3 is 2.67 bits per heavy atom. The van der Waals surface area contributed by atoms with Gasteiger partial charge in [-0.1, -0.05) is 48.5 Å². The second-order valence-corrected chi connectivity index (χ2v) is 8.39. The molecule has 1 aliphatic rings. The molecule has 0 aromatic heterocycles. The fourth-order valence-electron chi connectivity index (χ4n) is 4.07. The van der Waals surface area contributed by atoms with E-state index in [1.54, 1.807) is 6.07 Å². The number of nitrogens with one attached hydrogen (secondary N) is 2. The lowest BCUT2D eigenvalue weighted by atomic mass is 9.96. The van der Waals surface area contributed by atoms with E-state index in [4.69, 9.17) is 5.73 Å². The van der Waals surface area contributed by atoms with Crippen LogP contribution in [0, 0.1) is 0 Å². The number of hydrogen-bond acceptors (Lipinski definition) is 6. The summed E-state index contributed by atoms with van der Waals surface area (Å²) in [5.74, 6) is -0.522. The second-order valence-electron chi connectivity index (χ2n) is 8.39. The highest BCUT2D eigenvalue weighted by Gasteiger charge is 2.30. The standard InChI is InChI=1S/C26H32N4O3/c1-30(24-12-13-25(32)29-26(24)33)17-23-20(8-5-9-21(23)18-31)10-11-22(27)16-28-15-14-19-6-3-2-4-7-19/h2-9,16,18,24,28H,10-15,17,27H2,1H3,(H,29,32,33)/b22-16-.